The molecule has 2 aromatic carbocycles. The second-order valence-electron chi connectivity index (χ2n) is 6.08. The van der Waals surface area contributed by atoms with Gasteiger partial charge in [0.05, 0.1) is 4.90 Å². The van der Waals surface area contributed by atoms with Crippen LogP contribution in [0.2, 0.25) is 0 Å². The Morgan fingerprint density at radius 2 is 1.64 bits per heavy atom. The average molecular weight is 358 g/mol. The van der Waals surface area contributed by atoms with Crippen LogP contribution < -0.4 is 10.6 Å². The molecule has 1 aliphatic rings. The minimum absolute atomic E-state index is 0.0900. The third-order valence-electron chi connectivity index (χ3n) is 3.84. The third-order valence-corrected chi connectivity index (χ3v) is 4.95. The van der Waals surface area contributed by atoms with E-state index in [-0.39, 0.29) is 22.4 Å². The molecule has 130 valence electrons. The fourth-order valence-electron chi connectivity index (χ4n) is 2.27. The predicted octanol–water partition coefficient (Wildman–Crippen LogP) is 2.23. The molecule has 0 saturated heterocycles. The van der Waals surface area contributed by atoms with Gasteiger partial charge in [0.15, 0.2) is 9.84 Å². The van der Waals surface area contributed by atoms with Gasteiger partial charge in [0, 0.05) is 29.1 Å². The van der Waals surface area contributed by atoms with Crippen molar-refractivity contribution in [2.24, 2.45) is 0 Å². The standard InChI is InChI=1S/C18H18N2O4S/c1-25(23,24)16-4-2-3-13(11-16)18(22)20-14-7-5-12(6-8-14)17(21)19-15-9-10-15/h2-8,11,15H,9-10H2,1H3,(H,19,21)(H,20,22). The Bertz CT molecular complexity index is 916. The van der Waals surface area contributed by atoms with Crippen molar-refractivity contribution in [2.45, 2.75) is 23.8 Å². The molecule has 1 saturated carbocycles. The number of amides is 2. The van der Waals surface area contributed by atoms with Crippen molar-refractivity contribution in [1.82, 2.24) is 5.32 Å². The molecule has 0 radical (unpaired) electrons. The molecule has 2 aromatic rings. The second-order valence-corrected chi connectivity index (χ2v) is 8.09. The maximum absolute atomic E-state index is 12.3. The lowest BCUT2D eigenvalue weighted by Gasteiger charge is -2.08. The van der Waals surface area contributed by atoms with E-state index in [0.717, 1.165) is 19.1 Å². The monoisotopic (exact) mass is 358 g/mol. The van der Waals surface area contributed by atoms with Crippen LogP contribution in [0.1, 0.15) is 33.6 Å². The minimum atomic E-state index is -3.38. The van der Waals surface area contributed by atoms with Gasteiger partial charge in [-0.2, -0.15) is 0 Å². The maximum Gasteiger partial charge on any atom is 0.255 e. The van der Waals surface area contributed by atoms with E-state index in [9.17, 15) is 18.0 Å². The van der Waals surface area contributed by atoms with Crippen LogP contribution in [0.15, 0.2) is 53.4 Å². The Kier molecular flexibility index (Phi) is 4.59. The van der Waals surface area contributed by atoms with E-state index in [1.165, 1.54) is 18.2 Å². The van der Waals surface area contributed by atoms with Crippen molar-refractivity contribution in [1.29, 1.82) is 0 Å². The summed E-state index contributed by atoms with van der Waals surface area (Å²) >= 11 is 0. The number of carbonyl (C=O) groups is 2. The lowest BCUT2D eigenvalue weighted by Crippen LogP contribution is -2.25. The molecule has 0 heterocycles. The SMILES string of the molecule is CS(=O)(=O)c1cccc(C(=O)Nc2ccc(C(=O)NC3CC3)cc2)c1. The van der Waals surface area contributed by atoms with Gasteiger partial charge < -0.3 is 10.6 Å². The highest BCUT2D eigenvalue weighted by molar-refractivity contribution is 7.90. The Labute approximate surface area is 146 Å². The van der Waals surface area contributed by atoms with E-state index in [4.69, 9.17) is 0 Å². The van der Waals surface area contributed by atoms with Crippen molar-refractivity contribution >= 4 is 27.3 Å². The number of carbonyl (C=O) groups excluding carboxylic acids is 2. The number of benzene rings is 2. The van der Waals surface area contributed by atoms with Gasteiger partial charge in [0.1, 0.15) is 0 Å². The van der Waals surface area contributed by atoms with Crippen molar-refractivity contribution in [3.63, 3.8) is 0 Å². The molecule has 3 rings (SSSR count). The van der Waals surface area contributed by atoms with Crippen LogP contribution in [0.5, 0.6) is 0 Å². The predicted molar refractivity (Wildman–Crippen MR) is 94.4 cm³/mol. The van der Waals surface area contributed by atoms with Crippen molar-refractivity contribution in [2.75, 3.05) is 11.6 Å². The molecule has 0 unspecified atom stereocenters. The molecular formula is C18H18N2O4S. The molecule has 6 nitrogen and oxygen atoms in total. The summed E-state index contributed by atoms with van der Waals surface area (Å²) in [4.78, 5) is 24.3. The lowest BCUT2D eigenvalue weighted by atomic mass is 10.1. The summed E-state index contributed by atoms with van der Waals surface area (Å²) in [6.45, 7) is 0. The second kappa shape index (κ2) is 6.68. The quantitative estimate of drug-likeness (QED) is 0.857. The van der Waals surface area contributed by atoms with E-state index in [0.29, 0.717) is 11.3 Å². The molecule has 0 atom stereocenters. The molecule has 0 bridgehead atoms. The number of nitrogens with one attached hydrogen (secondary N) is 2. The Morgan fingerprint density at radius 3 is 2.24 bits per heavy atom. The highest BCUT2D eigenvalue weighted by atomic mass is 32.2. The van der Waals surface area contributed by atoms with Gasteiger partial charge in [-0.25, -0.2) is 8.42 Å². The van der Waals surface area contributed by atoms with E-state index in [1.54, 1.807) is 30.3 Å². The van der Waals surface area contributed by atoms with E-state index in [2.05, 4.69) is 10.6 Å². The van der Waals surface area contributed by atoms with Gasteiger partial charge in [0.25, 0.3) is 11.8 Å². The first kappa shape index (κ1) is 17.2. The van der Waals surface area contributed by atoms with Crippen LogP contribution in [0.4, 0.5) is 5.69 Å². The zero-order valence-corrected chi connectivity index (χ0v) is 14.5. The first-order valence-electron chi connectivity index (χ1n) is 7.85. The van der Waals surface area contributed by atoms with Crippen LogP contribution in [0, 0.1) is 0 Å². The van der Waals surface area contributed by atoms with Crippen LogP contribution >= 0.6 is 0 Å². The van der Waals surface area contributed by atoms with Crippen molar-refractivity contribution in [3.05, 3.63) is 59.7 Å². The van der Waals surface area contributed by atoms with E-state index < -0.39 is 15.7 Å². The summed E-state index contributed by atoms with van der Waals surface area (Å²) in [5.74, 6) is -0.540. The molecule has 2 amide bonds. The fourth-order valence-corrected chi connectivity index (χ4v) is 2.94. The highest BCUT2D eigenvalue weighted by Gasteiger charge is 2.23. The van der Waals surface area contributed by atoms with Crippen molar-refractivity contribution in [3.8, 4) is 0 Å². The Morgan fingerprint density at radius 1 is 0.960 bits per heavy atom. The van der Waals surface area contributed by atoms with E-state index >= 15 is 0 Å². The van der Waals surface area contributed by atoms with Crippen LogP contribution in [-0.2, 0) is 9.84 Å². The number of sulfone groups is 1. The smallest absolute Gasteiger partial charge is 0.255 e. The summed E-state index contributed by atoms with van der Waals surface area (Å²) in [6.07, 6.45) is 3.13. The lowest BCUT2D eigenvalue weighted by molar-refractivity contribution is 0.0950. The molecular weight excluding hydrogens is 340 g/mol. The summed E-state index contributed by atoms with van der Waals surface area (Å²) in [5.41, 5.74) is 1.31. The zero-order valence-electron chi connectivity index (χ0n) is 13.7. The normalized spacial score (nSPS) is 14.0. The van der Waals surface area contributed by atoms with E-state index in [1.807, 2.05) is 0 Å². The molecule has 2 N–H and O–H groups in total. The summed E-state index contributed by atoms with van der Waals surface area (Å²) in [6, 6.07) is 12.7. The first-order chi connectivity index (χ1) is 11.8. The largest absolute Gasteiger partial charge is 0.349 e. The third kappa shape index (κ3) is 4.45. The number of anilines is 1. The number of hydrogen-bond acceptors (Lipinski definition) is 4. The number of rotatable bonds is 5. The fraction of sp³-hybridized carbons (Fsp3) is 0.222. The molecule has 0 aromatic heterocycles. The zero-order chi connectivity index (χ0) is 18.0. The van der Waals surface area contributed by atoms with Crippen LogP contribution in [0.3, 0.4) is 0 Å². The molecule has 25 heavy (non-hydrogen) atoms. The minimum Gasteiger partial charge on any atom is -0.349 e. The molecule has 7 heteroatoms. The molecule has 0 spiro atoms. The topological polar surface area (TPSA) is 92.3 Å². The van der Waals surface area contributed by atoms with Gasteiger partial charge in [-0.15, -0.1) is 0 Å². The summed E-state index contributed by atoms with van der Waals surface area (Å²) in [5, 5.41) is 5.58. The first-order valence-corrected chi connectivity index (χ1v) is 9.74. The molecule has 1 fully saturated rings. The Hall–Kier alpha value is -2.67. The highest BCUT2D eigenvalue weighted by Crippen LogP contribution is 2.20. The molecule has 0 aliphatic heterocycles. The Balaban J connectivity index is 1.69. The van der Waals surface area contributed by atoms with Gasteiger partial charge in [-0.3, -0.25) is 9.59 Å². The van der Waals surface area contributed by atoms with Gasteiger partial charge >= 0.3 is 0 Å². The van der Waals surface area contributed by atoms with Crippen LogP contribution in [0.25, 0.3) is 0 Å². The van der Waals surface area contributed by atoms with Crippen molar-refractivity contribution < 1.29 is 18.0 Å². The average Bonchev–Trinajstić information content (AvgIpc) is 3.39. The van der Waals surface area contributed by atoms with Gasteiger partial charge in [0.2, 0.25) is 0 Å². The number of hydrogen-bond donors (Lipinski definition) is 2. The molecule has 1 aliphatic carbocycles. The van der Waals surface area contributed by atoms with Gasteiger partial charge in [-0.05, 0) is 55.3 Å². The van der Waals surface area contributed by atoms with Gasteiger partial charge in [-0.1, -0.05) is 6.07 Å². The summed E-state index contributed by atoms with van der Waals surface area (Å²) < 4.78 is 23.2. The van der Waals surface area contributed by atoms with Crippen LogP contribution in [-0.4, -0.2) is 32.5 Å². The maximum atomic E-state index is 12.3. The summed E-state index contributed by atoms with van der Waals surface area (Å²) in [7, 11) is -3.38.